The van der Waals surface area contributed by atoms with E-state index in [1.807, 2.05) is 30.0 Å². The molecule has 4 heteroatoms. The van der Waals surface area contributed by atoms with Gasteiger partial charge in [0, 0.05) is 10.1 Å². The number of rotatable bonds is 7. The predicted octanol–water partition coefficient (Wildman–Crippen LogP) is 4.77. The predicted molar refractivity (Wildman–Crippen MR) is 95.0 cm³/mol. The van der Waals surface area contributed by atoms with Crippen molar-refractivity contribution in [3.63, 3.8) is 0 Å². The minimum absolute atomic E-state index is 0.0808. The van der Waals surface area contributed by atoms with Gasteiger partial charge in [0.15, 0.2) is 6.10 Å². The molecule has 1 heterocycles. The lowest BCUT2D eigenvalue weighted by Crippen LogP contribution is -2.44. The standard InChI is InChI=1S/C17H24INO2/c1-3-4-5-6-7-8-11-19-15-10-9-14(18)12-16(15)21-13(2)17(19)20/h9-10,12-13H,3-8,11H2,1-2H3. The van der Waals surface area contributed by atoms with Gasteiger partial charge in [-0.2, -0.15) is 0 Å². The third-order valence-corrected chi connectivity index (χ3v) is 4.54. The first-order valence-corrected chi connectivity index (χ1v) is 8.99. The monoisotopic (exact) mass is 401 g/mol. The minimum Gasteiger partial charge on any atom is -0.479 e. The lowest BCUT2D eigenvalue weighted by Gasteiger charge is -2.33. The molecule has 1 unspecified atom stereocenters. The van der Waals surface area contributed by atoms with Gasteiger partial charge in [-0.1, -0.05) is 39.0 Å². The molecule has 0 saturated carbocycles. The molecule has 0 bridgehead atoms. The van der Waals surface area contributed by atoms with Gasteiger partial charge >= 0.3 is 0 Å². The van der Waals surface area contributed by atoms with Gasteiger partial charge in [0.2, 0.25) is 0 Å². The van der Waals surface area contributed by atoms with Crippen LogP contribution in [0.1, 0.15) is 52.4 Å². The molecule has 0 spiro atoms. The summed E-state index contributed by atoms with van der Waals surface area (Å²) in [4.78, 5) is 14.2. The lowest BCUT2D eigenvalue weighted by molar-refractivity contribution is -0.125. The Bertz CT molecular complexity index is 490. The van der Waals surface area contributed by atoms with Crippen LogP contribution in [-0.2, 0) is 4.79 Å². The molecular weight excluding hydrogens is 377 g/mol. The summed E-state index contributed by atoms with van der Waals surface area (Å²) in [6.07, 6.45) is 7.03. The molecule has 1 aliphatic rings. The topological polar surface area (TPSA) is 29.5 Å². The van der Waals surface area contributed by atoms with Crippen molar-refractivity contribution in [2.45, 2.75) is 58.5 Å². The number of unbranched alkanes of at least 4 members (excludes halogenated alkanes) is 5. The van der Waals surface area contributed by atoms with Crippen LogP contribution in [-0.4, -0.2) is 18.6 Å². The second-order valence-electron chi connectivity index (χ2n) is 5.63. The molecule has 0 radical (unpaired) electrons. The maximum Gasteiger partial charge on any atom is 0.267 e. The van der Waals surface area contributed by atoms with E-state index >= 15 is 0 Å². The molecule has 0 aliphatic carbocycles. The summed E-state index contributed by atoms with van der Waals surface area (Å²) in [5, 5.41) is 0. The maximum absolute atomic E-state index is 12.3. The van der Waals surface area contributed by atoms with Crippen molar-refractivity contribution in [2.75, 3.05) is 11.4 Å². The number of carbonyl (C=O) groups excluding carboxylic acids is 1. The van der Waals surface area contributed by atoms with E-state index in [0.29, 0.717) is 0 Å². The van der Waals surface area contributed by atoms with Gasteiger partial charge in [-0.15, -0.1) is 0 Å². The fourth-order valence-corrected chi connectivity index (χ4v) is 3.13. The summed E-state index contributed by atoms with van der Waals surface area (Å²) in [5.74, 6) is 0.914. The molecule has 0 N–H and O–H groups in total. The maximum atomic E-state index is 12.3. The summed E-state index contributed by atoms with van der Waals surface area (Å²) >= 11 is 2.27. The van der Waals surface area contributed by atoms with Crippen molar-refractivity contribution in [3.05, 3.63) is 21.8 Å². The van der Waals surface area contributed by atoms with E-state index in [1.165, 1.54) is 32.1 Å². The number of benzene rings is 1. The number of carbonyl (C=O) groups is 1. The Kier molecular flexibility index (Phi) is 6.33. The number of ether oxygens (including phenoxy) is 1. The highest BCUT2D eigenvalue weighted by Crippen LogP contribution is 2.35. The van der Waals surface area contributed by atoms with Crippen LogP contribution >= 0.6 is 22.6 Å². The molecule has 3 nitrogen and oxygen atoms in total. The highest BCUT2D eigenvalue weighted by Gasteiger charge is 2.30. The summed E-state index contributed by atoms with van der Waals surface area (Å²) in [7, 11) is 0. The Labute approximate surface area is 141 Å². The van der Waals surface area contributed by atoms with Crippen LogP contribution in [0.25, 0.3) is 0 Å². The third-order valence-electron chi connectivity index (χ3n) is 3.87. The Morgan fingerprint density at radius 1 is 1.19 bits per heavy atom. The van der Waals surface area contributed by atoms with Gasteiger partial charge in [0.05, 0.1) is 5.69 Å². The Morgan fingerprint density at radius 3 is 2.67 bits per heavy atom. The number of hydrogen-bond donors (Lipinski definition) is 0. The zero-order chi connectivity index (χ0) is 15.2. The first-order chi connectivity index (χ1) is 10.1. The number of amides is 1. The third kappa shape index (κ3) is 4.34. The largest absolute Gasteiger partial charge is 0.479 e. The van der Waals surface area contributed by atoms with E-state index in [4.69, 9.17) is 4.74 Å². The van der Waals surface area contributed by atoms with Crippen LogP contribution < -0.4 is 9.64 Å². The normalized spacial score (nSPS) is 17.6. The summed E-state index contributed by atoms with van der Waals surface area (Å²) in [6, 6.07) is 6.03. The van der Waals surface area contributed by atoms with Crippen LogP contribution in [0.15, 0.2) is 18.2 Å². The molecule has 1 amide bonds. The molecule has 0 fully saturated rings. The zero-order valence-electron chi connectivity index (χ0n) is 12.9. The average molecular weight is 401 g/mol. The minimum atomic E-state index is -0.379. The van der Waals surface area contributed by atoms with Crippen molar-refractivity contribution in [1.29, 1.82) is 0 Å². The van der Waals surface area contributed by atoms with Crippen molar-refractivity contribution in [3.8, 4) is 5.75 Å². The number of hydrogen-bond acceptors (Lipinski definition) is 2. The fourth-order valence-electron chi connectivity index (χ4n) is 2.67. The van der Waals surface area contributed by atoms with Crippen molar-refractivity contribution in [1.82, 2.24) is 0 Å². The average Bonchev–Trinajstić information content (AvgIpc) is 2.46. The molecule has 2 rings (SSSR count). The number of anilines is 1. The van der Waals surface area contributed by atoms with Gasteiger partial charge in [0.25, 0.3) is 5.91 Å². The zero-order valence-corrected chi connectivity index (χ0v) is 15.1. The van der Waals surface area contributed by atoms with Gasteiger partial charge < -0.3 is 9.64 Å². The molecule has 116 valence electrons. The first-order valence-electron chi connectivity index (χ1n) is 7.91. The Balaban J connectivity index is 1.96. The van der Waals surface area contributed by atoms with Gasteiger partial charge in [-0.05, 0) is 54.1 Å². The van der Waals surface area contributed by atoms with Crippen molar-refractivity contribution < 1.29 is 9.53 Å². The fraction of sp³-hybridized carbons (Fsp3) is 0.588. The Morgan fingerprint density at radius 2 is 1.90 bits per heavy atom. The highest BCUT2D eigenvalue weighted by atomic mass is 127. The summed E-state index contributed by atoms with van der Waals surface area (Å²) in [6.45, 7) is 4.86. The lowest BCUT2D eigenvalue weighted by atomic mass is 10.1. The number of halogens is 1. The van der Waals surface area contributed by atoms with Crippen LogP contribution in [0.2, 0.25) is 0 Å². The smallest absolute Gasteiger partial charge is 0.267 e. The molecule has 0 aromatic heterocycles. The quantitative estimate of drug-likeness (QED) is 0.487. The molecule has 1 aromatic rings. The molecule has 1 atom stereocenters. The highest BCUT2D eigenvalue weighted by molar-refractivity contribution is 14.1. The van der Waals surface area contributed by atoms with Crippen LogP contribution in [0.3, 0.4) is 0 Å². The Hall–Kier alpha value is -0.780. The van der Waals surface area contributed by atoms with Gasteiger partial charge in [0.1, 0.15) is 5.75 Å². The van der Waals surface area contributed by atoms with Crippen molar-refractivity contribution >= 4 is 34.2 Å². The molecule has 21 heavy (non-hydrogen) atoms. The van der Waals surface area contributed by atoms with Crippen molar-refractivity contribution in [2.24, 2.45) is 0 Å². The van der Waals surface area contributed by atoms with E-state index in [2.05, 4.69) is 29.5 Å². The van der Waals surface area contributed by atoms with E-state index in [1.54, 1.807) is 0 Å². The summed E-state index contributed by atoms with van der Waals surface area (Å²) < 4.78 is 6.85. The molecule has 1 aromatic carbocycles. The summed E-state index contributed by atoms with van der Waals surface area (Å²) in [5.41, 5.74) is 0.923. The molecule has 0 saturated heterocycles. The second kappa shape index (κ2) is 8.01. The molecule has 1 aliphatic heterocycles. The van der Waals surface area contributed by atoms with Gasteiger partial charge in [-0.25, -0.2) is 0 Å². The van der Waals surface area contributed by atoms with E-state index < -0.39 is 0 Å². The molecular formula is C17H24INO2. The second-order valence-corrected chi connectivity index (χ2v) is 6.88. The number of nitrogens with zero attached hydrogens (tertiary/aromatic N) is 1. The number of fused-ring (bicyclic) bond motifs is 1. The van der Waals surface area contributed by atoms with Gasteiger partial charge in [-0.3, -0.25) is 4.79 Å². The van der Waals surface area contributed by atoms with Crippen LogP contribution in [0.5, 0.6) is 5.75 Å². The van der Waals surface area contributed by atoms with E-state index in [0.717, 1.165) is 28.0 Å². The van der Waals surface area contributed by atoms with E-state index in [9.17, 15) is 4.79 Å². The van der Waals surface area contributed by atoms with E-state index in [-0.39, 0.29) is 12.0 Å². The SMILES string of the molecule is CCCCCCCCN1C(=O)C(C)Oc2cc(I)ccc21. The van der Waals surface area contributed by atoms with Crippen LogP contribution in [0.4, 0.5) is 5.69 Å². The first kappa shape index (κ1) is 16.6. The van der Waals surface area contributed by atoms with Crippen LogP contribution in [0, 0.1) is 3.57 Å².